The molecule has 0 aliphatic rings. The number of aryl methyl sites for hydroxylation is 2. The van der Waals surface area contributed by atoms with Crippen LogP contribution in [-0.4, -0.2) is 15.0 Å². The van der Waals surface area contributed by atoms with Crippen LogP contribution in [0, 0.1) is 13.8 Å². The van der Waals surface area contributed by atoms with Crippen molar-refractivity contribution in [3.8, 4) is 0 Å². The molecule has 0 atom stereocenters. The molecule has 0 N–H and O–H groups in total. The monoisotopic (exact) mass is 287 g/mol. The van der Waals surface area contributed by atoms with E-state index in [4.69, 9.17) is 0 Å². The molecule has 0 unspecified atom stereocenters. The zero-order chi connectivity index (χ0) is 13.2. The minimum absolute atomic E-state index is 0.822. The first kappa shape index (κ1) is 12.6. The summed E-state index contributed by atoms with van der Waals surface area (Å²) in [5.74, 6) is 0.822. The minimum Gasteiger partial charge on any atom is -0.240 e. The molecule has 0 saturated carbocycles. The predicted molar refractivity (Wildman–Crippen MR) is 80.7 cm³/mol. The number of hydrogen-bond donors (Lipinski definition) is 0. The average molecular weight is 287 g/mol. The van der Waals surface area contributed by atoms with Crippen LogP contribution in [0.25, 0.3) is 10.2 Å². The average Bonchev–Trinajstić information content (AvgIpc) is 2.78. The molecule has 3 aromatic rings. The topological polar surface area (TPSA) is 38.7 Å². The van der Waals surface area contributed by atoms with Crippen LogP contribution in [0.5, 0.6) is 0 Å². The number of thioether (sulfide) groups is 1. The smallest absolute Gasteiger partial charge is 0.188 e. The van der Waals surface area contributed by atoms with E-state index < -0.39 is 0 Å². The minimum atomic E-state index is 0.822. The molecular formula is C14H13N3S2. The Kier molecular flexibility index (Phi) is 3.48. The summed E-state index contributed by atoms with van der Waals surface area (Å²) < 4.78 is 1.24. The molecule has 2 aromatic heterocycles. The van der Waals surface area contributed by atoms with Crippen molar-refractivity contribution in [1.29, 1.82) is 0 Å². The summed E-state index contributed by atoms with van der Waals surface area (Å²) in [7, 11) is 0. The normalized spacial score (nSPS) is 11.1. The maximum Gasteiger partial charge on any atom is 0.188 e. The highest BCUT2D eigenvalue weighted by atomic mass is 32.2. The van der Waals surface area contributed by atoms with Gasteiger partial charge in [0.05, 0.1) is 16.0 Å². The van der Waals surface area contributed by atoms with Gasteiger partial charge >= 0.3 is 0 Å². The fourth-order valence-electron chi connectivity index (χ4n) is 1.87. The number of nitrogens with zero attached hydrogens (tertiary/aromatic N) is 3. The molecule has 3 rings (SSSR count). The molecule has 0 bridgehead atoms. The van der Waals surface area contributed by atoms with Crippen LogP contribution in [0.1, 0.15) is 16.4 Å². The highest BCUT2D eigenvalue weighted by Crippen LogP contribution is 2.27. The van der Waals surface area contributed by atoms with Gasteiger partial charge in [-0.25, -0.2) is 15.0 Å². The molecule has 0 spiro atoms. The lowest BCUT2D eigenvalue weighted by Gasteiger charge is -2.00. The molecule has 0 fully saturated rings. The van der Waals surface area contributed by atoms with Crippen LogP contribution in [0.4, 0.5) is 0 Å². The van der Waals surface area contributed by atoms with Crippen LogP contribution < -0.4 is 0 Å². The third kappa shape index (κ3) is 2.93. The Morgan fingerprint density at radius 3 is 2.53 bits per heavy atom. The summed E-state index contributed by atoms with van der Waals surface area (Å²) in [5, 5.41) is 1.95. The molecule has 0 amide bonds. The molecule has 5 heteroatoms. The standard InChI is InChI=1S/C14H13N3S2/c1-9-7-10(2)16-14(15-9)18-8-13-17-11-5-3-4-6-12(11)19-13/h3-7H,8H2,1-2H3. The Morgan fingerprint density at radius 2 is 1.79 bits per heavy atom. The second kappa shape index (κ2) is 5.27. The molecule has 0 aliphatic carbocycles. The van der Waals surface area contributed by atoms with E-state index in [0.717, 1.165) is 32.8 Å². The van der Waals surface area contributed by atoms with Crippen molar-refractivity contribution in [2.75, 3.05) is 0 Å². The fourth-order valence-corrected chi connectivity index (χ4v) is 3.78. The fraction of sp³-hybridized carbons (Fsp3) is 0.214. The van der Waals surface area contributed by atoms with Crippen molar-refractivity contribution in [3.63, 3.8) is 0 Å². The summed E-state index contributed by atoms with van der Waals surface area (Å²) in [4.78, 5) is 13.5. The van der Waals surface area contributed by atoms with Gasteiger partial charge in [-0.05, 0) is 32.0 Å². The first-order chi connectivity index (χ1) is 9.20. The summed E-state index contributed by atoms with van der Waals surface area (Å²) in [6, 6.07) is 10.2. The van der Waals surface area contributed by atoms with E-state index >= 15 is 0 Å². The van der Waals surface area contributed by atoms with E-state index in [1.807, 2.05) is 38.1 Å². The molecule has 0 aliphatic heterocycles. The first-order valence-electron chi connectivity index (χ1n) is 6.00. The number of rotatable bonds is 3. The lowest BCUT2D eigenvalue weighted by Crippen LogP contribution is -1.93. The molecule has 0 radical (unpaired) electrons. The van der Waals surface area contributed by atoms with E-state index in [2.05, 4.69) is 21.0 Å². The Morgan fingerprint density at radius 1 is 1.05 bits per heavy atom. The van der Waals surface area contributed by atoms with Gasteiger partial charge in [0, 0.05) is 11.4 Å². The molecule has 96 valence electrons. The van der Waals surface area contributed by atoms with Gasteiger partial charge in [-0.2, -0.15) is 0 Å². The van der Waals surface area contributed by atoms with Gasteiger partial charge in [-0.1, -0.05) is 23.9 Å². The number of thiazole rings is 1. The Labute approximate surface area is 120 Å². The van der Waals surface area contributed by atoms with Crippen LogP contribution in [0.15, 0.2) is 35.5 Å². The van der Waals surface area contributed by atoms with Gasteiger partial charge < -0.3 is 0 Å². The lowest BCUT2D eigenvalue weighted by atomic mass is 10.3. The number of para-hydroxylation sites is 1. The molecular weight excluding hydrogens is 274 g/mol. The second-order valence-corrected chi connectivity index (χ2v) is 6.35. The van der Waals surface area contributed by atoms with E-state index in [1.54, 1.807) is 23.1 Å². The van der Waals surface area contributed by atoms with Crippen LogP contribution in [0.3, 0.4) is 0 Å². The second-order valence-electron chi connectivity index (χ2n) is 4.30. The van der Waals surface area contributed by atoms with E-state index in [-0.39, 0.29) is 0 Å². The molecule has 1 aromatic carbocycles. The largest absolute Gasteiger partial charge is 0.240 e. The number of hydrogen-bond acceptors (Lipinski definition) is 5. The SMILES string of the molecule is Cc1cc(C)nc(SCc2nc3ccccc3s2)n1. The Bertz CT molecular complexity index is 668. The maximum atomic E-state index is 4.61. The lowest BCUT2D eigenvalue weighted by molar-refractivity contribution is 0.901. The number of fused-ring (bicyclic) bond motifs is 1. The van der Waals surface area contributed by atoms with Crippen LogP contribution in [-0.2, 0) is 5.75 Å². The highest BCUT2D eigenvalue weighted by Gasteiger charge is 2.06. The third-order valence-corrected chi connectivity index (χ3v) is 4.70. The summed E-state index contributed by atoms with van der Waals surface area (Å²) in [5.41, 5.74) is 3.10. The quantitative estimate of drug-likeness (QED) is 0.539. The van der Waals surface area contributed by atoms with E-state index in [9.17, 15) is 0 Å². The molecule has 3 nitrogen and oxygen atoms in total. The van der Waals surface area contributed by atoms with Gasteiger partial charge in [0.15, 0.2) is 5.16 Å². The number of aromatic nitrogens is 3. The van der Waals surface area contributed by atoms with Crippen molar-refractivity contribution in [2.45, 2.75) is 24.8 Å². The van der Waals surface area contributed by atoms with Gasteiger partial charge in [0.25, 0.3) is 0 Å². The van der Waals surface area contributed by atoms with Gasteiger partial charge in [0.1, 0.15) is 5.01 Å². The van der Waals surface area contributed by atoms with Crippen molar-refractivity contribution in [1.82, 2.24) is 15.0 Å². The molecule has 2 heterocycles. The zero-order valence-electron chi connectivity index (χ0n) is 10.8. The highest BCUT2D eigenvalue weighted by molar-refractivity contribution is 7.98. The molecule has 19 heavy (non-hydrogen) atoms. The van der Waals surface area contributed by atoms with Gasteiger partial charge in [-0.15, -0.1) is 11.3 Å². The number of benzene rings is 1. The van der Waals surface area contributed by atoms with E-state index in [1.165, 1.54) is 4.70 Å². The first-order valence-corrected chi connectivity index (χ1v) is 7.80. The summed E-state index contributed by atoms with van der Waals surface area (Å²) in [6.45, 7) is 3.99. The van der Waals surface area contributed by atoms with Crippen molar-refractivity contribution < 1.29 is 0 Å². The maximum absolute atomic E-state index is 4.61. The van der Waals surface area contributed by atoms with Crippen molar-refractivity contribution in [2.24, 2.45) is 0 Å². The van der Waals surface area contributed by atoms with Crippen molar-refractivity contribution >= 4 is 33.3 Å². The Balaban J connectivity index is 1.78. The third-order valence-electron chi connectivity index (χ3n) is 2.62. The predicted octanol–water partition coefficient (Wildman–Crippen LogP) is 4.00. The van der Waals surface area contributed by atoms with Crippen LogP contribution >= 0.6 is 23.1 Å². The summed E-state index contributed by atoms with van der Waals surface area (Å²) >= 11 is 3.38. The van der Waals surface area contributed by atoms with Crippen molar-refractivity contribution in [3.05, 3.63) is 46.7 Å². The van der Waals surface area contributed by atoms with E-state index in [0.29, 0.717) is 0 Å². The van der Waals surface area contributed by atoms with Gasteiger partial charge in [-0.3, -0.25) is 0 Å². The Hall–Kier alpha value is -1.46. The van der Waals surface area contributed by atoms with Crippen LogP contribution in [0.2, 0.25) is 0 Å². The summed E-state index contributed by atoms with van der Waals surface area (Å²) in [6.07, 6.45) is 0. The molecule has 0 saturated heterocycles. The zero-order valence-corrected chi connectivity index (χ0v) is 12.4. The van der Waals surface area contributed by atoms with Gasteiger partial charge in [0.2, 0.25) is 0 Å².